The number of aromatic nitrogens is 2. The van der Waals surface area contributed by atoms with Gasteiger partial charge >= 0.3 is 0 Å². The van der Waals surface area contributed by atoms with Gasteiger partial charge in [-0.2, -0.15) is 0 Å². The van der Waals surface area contributed by atoms with Gasteiger partial charge in [0.05, 0.1) is 16.4 Å². The molecule has 2 N–H and O–H groups in total. The molecule has 1 fully saturated rings. The molecule has 1 atom stereocenters. The third-order valence-corrected chi connectivity index (χ3v) is 4.13. The Balaban J connectivity index is 1.83. The van der Waals surface area contributed by atoms with Crippen molar-refractivity contribution in [2.45, 2.75) is 19.8 Å². The van der Waals surface area contributed by atoms with Gasteiger partial charge in [0.2, 0.25) is 5.91 Å². The van der Waals surface area contributed by atoms with Crippen LogP contribution in [0.1, 0.15) is 19.8 Å². The second-order valence-corrected chi connectivity index (χ2v) is 5.27. The summed E-state index contributed by atoms with van der Waals surface area (Å²) in [6.45, 7) is 3.73. The first-order chi connectivity index (χ1) is 9.73. The maximum atomic E-state index is 12.5. The van der Waals surface area contributed by atoms with Gasteiger partial charge in [0.1, 0.15) is 0 Å². The van der Waals surface area contributed by atoms with Crippen molar-refractivity contribution in [2.24, 2.45) is 5.41 Å². The fraction of sp³-hybridized carbons (Fsp3) is 0.400. The predicted molar refractivity (Wildman–Crippen MR) is 78.4 cm³/mol. The lowest BCUT2D eigenvalue weighted by Gasteiger charge is -2.25. The van der Waals surface area contributed by atoms with Crippen LogP contribution in [0.4, 0.5) is 5.69 Å². The van der Waals surface area contributed by atoms with Crippen LogP contribution in [-0.2, 0) is 4.79 Å². The monoisotopic (exact) mass is 270 g/mol. The standard InChI is InChI=1S/C15H18N4O/c1-2-15(5-6-16-10-15)14(20)19-11-3-4-12-13(9-11)18-8-7-17-12/h3-4,7-9,16H,2,5-6,10H2,1H3,(H,19,20). The van der Waals surface area contributed by atoms with Crippen LogP contribution in [0.15, 0.2) is 30.6 Å². The second kappa shape index (κ2) is 5.17. The van der Waals surface area contributed by atoms with Crippen LogP contribution in [0, 0.1) is 5.41 Å². The largest absolute Gasteiger partial charge is 0.325 e. The molecule has 5 heteroatoms. The highest BCUT2D eigenvalue weighted by Crippen LogP contribution is 2.31. The number of anilines is 1. The summed E-state index contributed by atoms with van der Waals surface area (Å²) in [6.07, 6.45) is 5.06. The van der Waals surface area contributed by atoms with Crippen LogP contribution in [0.25, 0.3) is 11.0 Å². The minimum Gasteiger partial charge on any atom is -0.325 e. The summed E-state index contributed by atoms with van der Waals surface area (Å²) in [5.74, 6) is 0.0910. The van der Waals surface area contributed by atoms with E-state index in [2.05, 4.69) is 27.5 Å². The lowest BCUT2D eigenvalue weighted by molar-refractivity contribution is -0.124. The van der Waals surface area contributed by atoms with Gasteiger partial charge in [0.15, 0.2) is 0 Å². The lowest BCUT2D eigenvalue weighted by Crippen LogP contribution is -2.37. The van der Waals surface area contributed by atoms with Crippen molar-refractivity contribution in [3.63, 3.8) is 0 Å². The summed E-state index contributed by atoms with van der Waals surface area (Å²) >= 11 is 0. The number of nitrogens with one attached hydrogen (secondary N) is 2. The minimum atomic E-state index is -0.280. The van der Waals surface area contributed by atoms with Gasteiger partial charge in [-0.1, -0.05) is 6.92 Å². The van der Waals surface area contributed by atoms with E-state index in [0.717, 1.165) is 42.7 Å². The molecule has 20 heavy (non-hydrogen) atoms. The van der Waals surface area contributed by atoms with Crippen molar-refractivity contribution in [1.29, 1.82) is 0 Å². The van der Waals surface area contributed by atoms with Crippen LogP contribution in [-0.4, -0.2) is 29.0 Å². The topological polar surface area (TPSA) is 66.9 Å². The molecule has 2 aromatic rings. The van der Waals surface area contributed by atoms with E-state index in [1.807, 2.05) is 18.2 Å². The number of hydrogen-bond acceptors (Lipinski definition) is 4. The molecular weight excluding hydrogens is 252 g/mol. The Morgan fingerprint density at radius 3 is 2.85 bits per heavy atom. The Bertz CT molecular complexity index is 635. The van der Waals surface area contributed by atoms with Gasteiger partial charge in [0, 0.05) is 24.6 Å². The van der Waals surface area contributed by atoms with Gasteiger partial charge in [0.25, 0.3) is 0 Å². The molecule has 0 saturated carbocycles. The number of nitrogens with zero attached hydrogens (tertiary/aromatic N) is 2. The average molecular weight is 270 g/mol. The number of amides is 1. The van der Waals surface area contributed by atoms with E-state index in [4.69, 9.17) is 0 Å². The average Bonchev–Trinajstić information content (AvgIpc) is 2.97. The van der Waals surface area contributed by atoms with E-state index in [1.54, 1.807) is 12.4 Å². The molecule has 1 amide bonds. The minimum absolute atomic E-state index is 0.0910. The Kier molecular flexibility index (Phi) is 3.36. The molecule has 1 unspecified atom stereocenters. The maximum absolute atomic E-state index is 12.5. The van der Waals surface area contributed by atoms with Crippen molar-refractivity contribution in [1.82, 2.24) is 15.3 Å². The quantitative estimate of drug-likeness (QED) is 0.894. The summed E-state index contributed by atoms with van der Waals surface area (Å²) in [5, 5.41) is 6.30. The Labute approximate surface area is 117 Å². The molecule has 104 valence electrons. The van der Waals surface area contributed by atoms with E-state index in [1.165, 1.54) is 0 Å². The van der Waals surface area contributed by atoms with E-state index in [-0.39, 0.29) is 11.3 Å². The zero-order valence-corrected chi connectivity index (χ0v) is 11.5. The summed E-state index contributed by atoms with van der Waals surface area (Å²) in [4.78, 5) is 21.0. The molecule has 5 nitrogen and oxygen atoms in total. The third-order valence-electron chi connectivity index (χ3n) is 4.13. The highest BCUT2D eigenvalue weighted by molar-refractivity contribution is 5.97. The van der Waals surface area contributed by atoms with Gasteiger partial charge in [-0.25, -0.2) is 0 Å². The number of benzene rings is 1. The number of hydrogen-bond donors (Lipinski definition) is 2. The second-order valence-electron chi connectivity index (χ2n) is 5.27. The smallest absolute Gasteiger partial charge is 0.231 e. The first kappa shape index (κ1) is 13.0. The van der Waals surface area contributed by atoms with E-state index < -0.39 is 0 Å². The number of rotatable bonds is 3. The molecule has 0 spiro atoms. The summed E-state index contributed by atoms with van der Waals surface area (Å²) in [5.41, 5.74) is 2.12. The van der Waals surface area contributed by atoms with Crippen LogP contribution in [0.2, 0.25) is 0 Å². The van der Waals surface area contributed by atoms with Gasteiger partial charge in [-0.05, 0) is 37.6 Å². The van der Waals surface area contributed by atoms with Crippen molar-refractivity contribution in [3.8, 4) is 0 Å². The normalized spacial score (nSPS) is 22.1. The number of fused-ring (bicyclic) bond motifs is 1. The van der Waals surface area contributed by atoms with E-state index in [9.17, 15) is 4.79 Å². The highest BCUT2D eigenvalue weighted by Gasteiger charge is 2.39. The van der Waals surface area contributed by atoms with Crippen molar-refractivity contribution >= 4 is 22.6 Å². The SMILES string of the molecule is CCC1(C(=O)Nc2ccc3nccnc3c2)CCNC1. The van der Waals surface area contributed by atoms with E-state index >= 15 is 0 Å². The lowest BCUT2D eigenvalue weighted by atomic mass is 9.83. The van der Waals surface area contributed by atoms with Gasteiger partial charge in [-0.15, -0.1) is 0 Å². The number of carbonyl (C=O) groups is 1. The van der Waals surface area contributed by atoms with Gasteiger partial charge in [-0.3, -0.25) is 14.8 Å². The first-order valence-electron chi connectivity index (χ1n) is 6.96. The molecule has 1 aromatic heterocycles. The zero-order chi connectivity index (χ0) is 14.0. The Morgan fingerprint density at radius 2 is 2.15 bits per heavy atom. The molecule has 0 radical (unpaired) electrons. The molecule has 1 aromatic carbocycles. The summed E-state index contributed by atoms with van der Waals surface area (Å²) in [7, 11) is 0. The summed E-state index contributed by atoms with van der Waals surface area (Å²) < 4.78 is 0. The Hall–Kier alpha value is -2.01. The molecule has 2 heterocycles. The summed E-state index contributed by atoms with van der Waals surface area (Å²) in [6, 6.07) is 5.62. The molecule has 3 rings (SSSR count). The van der Waals surface area contributed by atoms with E-state index in [0.29, 0.717) is 0 Å². The van der Waals surface area contributed by atoms with Crippen molar-refractivity contribution < 1.29 is 4.79 Å². The molecule has 0 bridgehead atoms. The Morgan fingerprint density at radius 1 is 1.35 bits per heavy atom. The molecular formula is C15H18N4O. The zero-order valence-electron chi connectivity index (χ0n) is 11.5. The number of carbonyl (C=O) groups excluding carboxylic acids is 1. The first-order valence-corrected chi connectivity index (χ1v) is 6.96. The van der Waals surface area contributed by atoms with Crippen LogP contribution < -0.4 is 10.6 Å². The molecule has 0 aliphatic carbocycles. The maximum Gasteiger partial charge on any atom is 0.231 e. The fourth-order valence-electron chi connectivity index (χ4n) is 2.70. The molecule has 1 saturated heterocycles. The van der Waals surface area contributed by atoms with Crippen molar-refractivity contribution in [2.75, 3.05) is 18.4 Å². The van der Waals surface area contributed by atoms with Crippen LogP contribution in [0.3, 0.4) is 0 Å². The van der Waals surface area contributed by atoms with Crippen LogP contribution >= 0.6 is 0 Å². The third kappa shape index (κ3) is 2.25. The molecule has 1 aliphatic heterocycles. The molecule has 1 aliphatic rings. The fourth-order valence-corrected chi connectivity index (χ4v) is 2.70. The predicted octanol–water partition coefficient (Wildman–Crippen LogP) is 1.96. The van der Waals surface area contributed by atoms with Gasteiger partial charge < -0.3 is 10.6 Å². The highest BCUT2D eigenvalue weighted by atomic mass is 16.2. The van der Waals surface area contributed by atoms with Crippen LogP contribution in [0.5, 0.6) is 0 Å². The van der Waals surface area contributed by atoms with Crippen molar-refractivity contribution in [3.05, 3.63) is 30.6 Å².